The Morgan fingerprint density at radius 2 is 2.08 bits per heavy atom. The number of fused-ring (bicyclic) bond motifs is 1. The van der Waals surface area contributed by atoms with Crippen LogP contribution in [0, 0.1) is 5.92 Å². The summed E-state index contributed by atoms with van der Waals surface area (Å²) in [4.78, 5) is 16.7. The summed E-state index contributed by atoms with van der Waals surface area (Å²) in [6.45, 7) is 0.741. The third kappa shape index (κ3) is 3.54. The van der Waals surface area contributed by atoms with Crippen molar-refractivity contribution in [3.8, 4) is 5.82 Å². The number of pyridine rings is 1. The van der Waals surface area contributed by atoms with Crippen molar-refractivity contribution in [3.05, 3.63) is 48.3 Å². The van der Waals surface area contributed by atoms with Gasteiger partial charge < -0.3 is 11.1 Å². The Bertz CT molecular complexity index is 910. The SMILES string of the molecule is Nc1ccc(-n2cc3ccc(C(=O)NCCC4CCCC4)cc3n2)nc1. The number of carbonyl (C=O) groups is 1. The second-order valence-corrected chi connectivity index (χ2v) is 6.99. The van der Waals surface area contributed by atoms with Gasteiger partial charge in [-0.15, -0.1) is 0 Å². The van der Waals surface area contributed by atoms with E-state index in [4.69, 9.17) is 5.73 Å². The molecule has 1 aliphatic carbocycles. The van der Waals surface area contributed by atoms with Crippen LogP contribution in [0.25, 0.3) is 16.7 Å². The van der Waals surface area contributed by atoms with Crippen LogP contribution in [-0.2, 0) is 0 Å². The molecule has 1 aliphatic rings. The van der Waals surface area contributed by atoms with E-state index in [9.17, 15) is 4.79 Å². The third-order valence-corrected chi connectivity index (χ3v) is 5.09. The zero-order chi connectivity index (χ0) is 17.9. The Kier molecular flexibility index (Phi) is 4.56. The van der Waals surface area contributed by atoms with Gasteiger partial charge >= 0.3 is 0 Å². The zero-order valence-electron chi connectivity index (χ0n) is 14.7. The van der Waals surface area contributed by atoms with E-state index in [0.29, 0.717) is 17.1 Å². The molecule has 0 unspecified atom stereocenters. The first-order chi connectivity index (χ1) is 12.7. The lowest BCUT2D eigenvalue weighted by atomic mass is 10.0. The number of anilines is 1. The van der Waals surface area contributed by atoms with E-state index < -0.39 is 0 Å². The first kappa shape index (κ1) is 16.6. The molecule has 3 aromatic rings. The molecule has 0 aliphatic heterocycles. The number of aromatic nitrogens is 3. The largest absolute Gasteiger partial charge is 0.397 e. The maximum absolute atomic E-state index is 12.4. The molecule has 2 aromatic heterocycles. The molecule has 4 rings (SSSR count). The summed E-state index contributed by atoms with van der Waals surface area (Å²) in [5.41, 5.74) is 7.70. The smallest absolute Gasteiger partial charge is 0.251 e. The molecule has 0 radical (unpaired) electrons. The van der Waals surface area contributed by atoms with Crippen LogP contribution in [0.4, 0.5) is 5.69 Å². The first-order valence-electron chi connectivity index (χ1n) is 9.18. The Balaban J connectivity index is 1.46. The minimum Gasteiger partial charge on any atom is -0.397 e. The van der Waals surface area contributed by atoms with E-state index in [2.05, 4.69) is 15.4 Å². The van der Waals surface area contributed by atoms with Crippen molar-refractivity contribution in [3.63, 3.8) is 0 Å². The second kappa shape index (κ2) is 7.15. The molecule has 0 atom stereocenters. The highest BCUT2D eigenvalue weighted by Crippen LogP contribution is 2.27. The molecule has 1 amide bonds. The molecule has 0 bridgehead atoms. The summed E-state index contributed by atoms with van der Waals surface area (Å²) < 4.78 is 1.70. The summed E-state index contributed by atoms with van der Waals surface area (Å²) in [5, 5.41) is 8.53. The van der Waals surface area contributed by atoms with Gasteiger partial charge in [-0.2, -0.15) is 5.10 Å². The van der Waals surface area contributed by atoms with Crippen LogP contribution in [-0.4, -0.2) is 27.2 Å². The van der Waals surface area contributed by atoms with Crippen LogP contribution >= 0.6 is 0 Å². The summed E-state index contributed by atoms with van der Waals surface area (Å²) in [5.74, 6) is 1.43. The van der Waals surface area contributed by atoms with Gasteiger partial charge in [0.2, 0.25) is 0 Å². The van der Waals surface area contributed by atoms with Crippen molar-refractivity contribution in [1.29, 1.82) is 0 Å². The average Bonchev–Trinajstić information content (AvgIpc) is 3.31. The zero-order valence-corrected chi connectivity index (χ0v) is 14.7. The van der Waals surface area contributed by atoms with Gasteiger partial charge in [0.05, 0.1) is 17.4 Å². The molecule has 0 saturated heterocycles. The Labute approximate surface area is 152 Å². The van der Waals surface area contributed by atoms with Crippen LogP contribution in [0.5, 0.6) is 0 Å². The fraction of sp³-hybridized carbons (Fsp3) is 0.350. The number of hydrogen-bond donors (Lipinski definition) is 2. The number of amides is 1. The van der Waals surface area contributed by atoms with Gasteiger partial charge in [-0.3, -0.25) is 4.79 Å². The summed E-state index contributed by atoms with van der Waals surface area (Å²) in [6, 6.07) is 9.20. The van der Waals surface area contributed by atoms with Gasteiger partial charge in [-0.05, 0) is 36.6 Å². The average molecular weight is 349 g/mol. The molecule has 3 N–H and O–H groups in total. The molecule has 6 nitrogen and oxygen atoms in total. The van der Waals surface area contributed by atoms with Gasteiger partial charge in [-0.1, -0.05) is 31.7 Å². The quantitative estimate of drug-likeness (QED) is 0.740. The minimum absolute atomic E-state index is 0.0370. The normalized spacial score (nSPS) is 14.8. The summed E-state index contributed by atoms with van der Waals surface area (Å²) in [7, 11) is 0. The molecule has 26 heavy (non-hydrogen) atoms. The molecular weight excluding hydrogens is 326 g/mol. The number of nitrogens with zero attached hydrogens (tertiary/aromatic N) is 3. The Morgan fingerprint density at radius 1 is 1.23 bits per heavy atom. The highest BCUT2D eigenvalue weighted by molar-refractivity contribution is 5.97. The van der Waals surface area contributed by atoms with Crippen LogP contribution in [0.1, 0.15) is 42.5 Å². The molecule has 1 fully saturated rings. The fourth-order valence-corrected chi connectivity index (χ4v) is 3.60. The number of benzene rings is 1. The topological polar surface area (TPSA) is 85.8 Å². The lowest BCUT2D eigenvalue weighted by Crippen LogP contribution is -2.25. The maximum Gasteiger partial charge on any atom is 0.251 e. The number of rotatable bonds is 5. The van der Waals surface area contributed by atoms with Crippen molar-refractivity contribution >= 4 is 22.5 Å². The second-order valence-electron chi connectivity index (χ2n) is 6.99. The molecular formula is C20H23N5O. The first-order valence-corrected chi connectivity index (χ1v) is 9.18. The number of hydrogen-bond acceptors (Lipinski definition) is 4. The lowest BCUT2D eigenvalue weighted by molar-refractivity contribution is 0.0951. The van der Waals surface area contributed by atoms with Gasteiger partial charge in [0.25, 0.3) is 5.91 Å². The van der Waals surface area contributed by atoms with Gasteiger partial charge in [-0.25, -0.2) is 9.67 Å². The Morgan fingerprint density at radius 3 is 2.85 bits per heavy atom. The van der Waals surface area contributed by atoms with Gasteiger partial charge in [0.1, 0.15) is 0 Å². The molecule has 6 heteroatoms. The number of carbonyl (C=O) groups excluding carboxylic acids is 1. The van der Waals surface area contributed by atoms with Crippen LogP contribution in [0.3, 0.4) is 0 Å². The van der Waals surface area contributed by atoms with Crippen LogP contribution in [0.2, 0.25) is 0 Å². The Hall–Kier alpha value is -2.89. The highest BCUT2D eigenvalue weighted by Gasteiger charge is 2.15. The van der Waals surface area contributed by atoms with E-state index in [0.717, 1.165) is 29.8 Å². The van der Waals surface area contributed by atoms with E-state index in [1.807, 2.05) is 30.5 Å². The fourth-order valence-electron chi connectivity index (χ4n) is 3.60. The number of nitrogens with one attached hydrogen (secondary N) is 1. The number of nitrogens with two attached hydrogens (primary N) is 1. The van der Waals surface area contributed by atoms with Crippen molar-refractivity contribution < 1.29 is 4.79 Å². The van der Waals surface area contributed by atoms with E-state index in [1.165, 1.54) is 25.7 Å². The van der Waals surface area contributed by atoms with Crippen molar-refractivity contribution in [2.45, 2.75) is 32.1 Å². The third-order valence-electron chi connectivity index (χ3n) is 5.09. The predicted octanol–water partition coefficient (Wildman–Crippen LogP) is 3.31. The van der Waals surface area contributed by atoms with E-state index >= 15 is 0 Å². The highest BCUT2D eigenvalue weighted by atomic mass is 16.1. The standard InChI is InChI=1S/C20H23N5O/c21-17-7-8-19(23-12-17)25-13-16-6-5-15(11-18(16)24-25)20(26)22-10-9-14-3-1-2-4-14/h5-8,11-14H,1-4,9-10,21H2,(H,22,26). The van der Waals surface area contributed by atoms with Gasteiger partial charge in [0, 0.05) is 23.7 Å². The molecule has 2 heterocycles. The molecule has 1 saturated carbocycles. The van der Waals surface area contributed by atoms with Crippen LogP contribution < -0.4 is 11.1 Å². The molecule has 0 spiro atoms. The number of nitrogen functional groups attached to an aromatic ring is 1. The minimum atomic E-state index is -0.0370. The maximum atomic E-state index is 12.4. The van der Waals surface area contributed by atoms with Crippen molar-refractivity contribution in [2.75, 3.05) is 12.3 Å². The van der Waals surface area contributed by atoms with Crippen molar-refractivity contribution in [1.82, 2.24) is 20.1 Å². The molecule has 134 valence electrons. The van der Waals surface area contributed by atoms with E-state index in [1.54, 1.807) is 16.9 Å². The predicted molar refractivity (Wildman–Crippen MR) is 102 cm³/mol. The molecule has 1 aromatic carbocycles. The summed E-state index contributed by atoms with van der Waals surface area (Å²) >= 11 is 0. The summed E-state index contributed by atoms with van der Waals surface area (Å²) in [6.07, 6.45) is 9.85. The van der Waals surface area contributed by atoms with Crippen LogP contribution in [0.15, 0.2) is 42.7 Å². The van der Waals surface area contributed by atoms with Crippen molar-refractivity contribution in [2.24, 2.45) is 5.92 Å². The lowest BCUT2D eigenvalue weighted by Gasteiger charge is -2.09. The van der Waals surface area contributed by atoms with Gasteiger partial charge in [0.15, 0.2) is 5.82 Å². The van der Waals surface area contributed by atoms with E-state index in [-0.39, 0.29) is 5.91 Å². The monoisotopic (exact) mass is 349 g/mol.